The Morgan fingerprint density at radius 3 is 3.07 bits per heavy atom. The van der Waals surface area contributed by atoms with E-state index in [9.17, 15) is 14.4 Å². The molecule has 1 fully saturated rings. The number of thioether (sulfide) groups is 1. The van der Waals surface area contributed by atoms with E-state index in [-0.39, 0.29) is 41.0 Å². The van der Waals surface area contributed by atoms with Crippen LogP contribution in [-0.4, -0.2) is 70.4 Å². The Hall–Kier alpha value is -2.79. The van der Waals surface area contributed by atoms with Crippen LogP contribution in [0.25, 0.3) is 0 Å². The topological polar surface area (TPSA) is 113 Å². The van der Waals surface area contributed by atoms with Gasteiger partial charge in [0.25, 0.3) is 0 Å². The molecule has 1 aliphatic carbocycles. The molecule has 152 valence electrons. The van der Waals surface area contributed by atoms with E-state index >= 15 is 0 Å². The van der Waals surface area contributed by atoms with Crippen molar-refractivity contribution in [3.8, 4) is 0 Å². The number of halogens is 1. The molecule has 1 amide bonds. The van der Waals surface area contributed by atoms with Crippen molar-refractivity contribution in [1.29, 1.82) is 0 Å². The lowest BCUT2D eigenvalue weighted by atomic mass is 9.78. The lowest BCUT2D eigenvalue weighted by molar-refractivity contribution is -0.138. The quantitative estimate of drug-likeness (QED) is 0.328. The van der Waals surface area contributed by atoms with Crippen molar-refractivity contribution in [2.24, 2.45) is 10.1 Å². The number of aliphatic imine (C=N–C) groups is 1. The third-order valence-electron chi connectivity index (χ3n) is 4.84. The van der Waals surface area contributed by atoms with E-state index in [1.807, 2.05) is 0 Å². The van der Waals surface area contributed by atoms with Gasteiger partial charge in [-0.2, -0.15) is 0 Å². The number of methoxy groups -OCH3 is 1. The SMILES string of the molecule is COCC(=O)N1CC(Sc2nonc2/C(N=CC2Cc3ccc(F)cc32)=N/O)C1. The molecule has 1 atom stereocenters. The molecule has 1 saturated heterocycles. The summed E-state index contributed by atoms with van der Waals surface area (Å²) in [6.07, 6.45) is 2.35. The van der Waals surface area contributed by atoms with Gasteiger partial charge in [-0.3, -0.25) is 4.79 Å². The van der Waals surface area contributed by atoms with Crippen LogP contribution >= 0.6 is 11.8 Å². The predicted octanol–water partition coefficient (Wildman–Crippen LogP) is 1.70. The minimum Gasteiger partial charge on any atom is -0.409 e. The molecule has 1 aromatic heterocycles. The summed E-state index contributed by atoms with van der Waals surface area (Å²) < 4.78 is 23.0. The van der Waals surface area contributed by atoms with Gasteiger partial charge in [-0.1, -0.05) is 23.0 Å². The van der Waals surface area contributed by atoms with Crippen molar-refractivity contribution in [3.63, 3.8) is 0 Å². The fourth-order valence-electron chi connectivity index (χ4n) is 3.22. The van der Waals surface area contributed by atoms with Crippen LogP contribution in [0, 0.1) is 5.82 Å². The molecule has 11 heteroatoms. The number of carbonyl (C=O) groups excluding carboxylic acids is 1. The first-order valence-electron chi connectivity index (χ1n) is 8.90. The first kappa shape index (κ1) is 19.5. The van der Waals surface area contributed by atoms with Gasteiger partial charge in [0.15, 0.2) is 10.7 Å². The summed E-state index contributed by atoms with van der Waals surface area (Å²) in [5, 5.41) is 20.8. The Morgan fingerprint density at radius 1 is 1.48 bits per heavy atom. The van der Waals surface area contributed by atoms with Gasteiger partial charge >= 0.3 is 0 Å². The average molecular weight is 419 g/mol. The lowest BCUT2D eigenvalue weighted by Crippen LogP contribution is -2.53. The Balaban J connectivity index is 1.39. The van der Waals surface area contributed by atoms with E-state index < -0.39 is 0 Å². The maximum atomic E-state index is 13.4. The summed E-state index contributed by atoms with van der Waals surface area (Å²) in [5.41, 5.74) is 2.16. The first-order chi connectivity index (χ1) is 14.1. The fraction of sp³-hybridized carbons (Fsp3) is 0.389. The highest BCUT2D eigenvalue weighted by Crippen LogP contribution is 2.34. The van der Waals surface area contributed by atoms with Crippen LogP contribution < -0.4 is 0 Å². The number of hydrogen-bond donors (Lipinski definition) is 1. The molecule has 1 N–H and O–H groups in total. The van der Waals surface area contributed by atoms with Crippen molar-refractivity contribution in [3.05, 3.63) is 40.8 Å². The van der Waals surface area contributed by atoms with Gasteiger partial charge in [0.05, 0.1) is 0 Å². The van der Waals surface area contributed by atoms with Crippen molar-refractivity contribution in [2.75, 3.05) is 26.8 Å². The molecular weight excluding hydrogens is 401 g/mol. The molecule has 2 aliphatic rings. The molecule has 0 spiro atoms. The monoisotopic (exact) mass is 419 g/mol. The zero-order valence-corrected chi connectivity index (χ0v) is 16.3. The molecule has 2 heterocycles. The maximum Gasteiger partial charge on any atom is 0.248 e. The number of likely N-dealkylation sites (tertiary alicyclic amines) is 1. The Labute approximate surface area is 169 Å². The highest BCUT2D eigenvalue weighted by Gasteiger charge is 2.33. The second-order valence-corrected chi connectivity index (χ2v) is 8.03. The number of amides is 1. The van der Waals surface area contributed by atoms with Crippen molar-refractivity contribution in [1.82, 2.24) is 15.2 Å². The van der Waals surface area contributed by atoms with Crippen LogP contribution in [0.15, 0.2) is 38.0 Å². The number of nitrogens with zero attached hydrogens (tertiary/aromatic N) is 5. The van der Waals surface area contributed by atoms with Crippen LogP contribution in [0.5, 0.6) is 0 Å². The smallest absolute Gasteiger partial charge is 0.248 e. The number of amidine groups is 1. The molecule has 29 heavy (non-hydrogen) atoms. The van der Waals surface area contributed by atoms with Crippen LogP contribution in [-0.2, 0) is 16.0 Å². The summed E-state index contributed by atoms with van der Waals surface area (Å²) in [6, 6.07) is 4.67. The van der Waals surface area contributed by atoms with E-state index in [2.05, 4.69) is 20.5 Å². The standard InChI is InChI=1S/C18H18FN5O4S/c1-27-9-15(25)24-7-13(8-24)29-18-16(22-28-23-18)17(21-26)20-6-11-4-10-2-3-12(19)5-14(10)11/h2-3,5-6,11,13,26H,4,7-9H2,1H3/b20-6?,21-17-. The highest BCUT2D eigenvalue weighted by atomic mass is 32.2. The molecule has 9 nitrogen and oxygen atoms in total. The summed E-state index contributed by atoms with van der Waals surface area (Å²) in [4.78, 5) is 17.6. The summed E-state index contributed by atoms with van der Waals surface area (Å²) in [6.45, 7) is 1.16. The number of aromatic nitrogens is 2. The number of carbonyl (C=O) groups is 1. The Morgan fingerprint density at radius 2 is 2.31 bits per heavy atom. The molecule has 0 saturated carbocycles. The van der Waals surface area contributed by atoms with Gasteiger partial charge in [0, 0.05) is 37.6 Å². The van der Waals surface area contributed by atoms with E-state index in [0.717, 1.165) is 17.5 Å². The normalized spacial score (nSPS) is 19.2. The number of fused-ring (bicyclic) bond motifs is 1. The van der Waals surface area contributed by atoms with Gasteiger partial charge < -0.3 is 14.8 Å². The van der Waals surface area contributed by atoms with Crippen molar-refractivity contribution < 1.29 is 23.8 Å². The van der Waals surface area contributed by atoms with Crippen molar-refractivity contribution in [2.45, 2.75) is 22.6 Å². The van der Waals surface area contributed by atoms with E-state index in [1.165, 1.54) is 31.0 Å². The highest BCUT2D eigenvalue weighted by molar-refractivity contribution is 8.00. The second-order valence-electron chi connectivity index (χ2n) is 6.75. The summed E-state index contributed by atoms with van der Waals surface area (Å²) in [5.74, 6) is -0.455. The molecule has 4 rings (SSSR count). The van der Waals surface area contributed by atoms with E-state index in [4.69, 9.17) is 9.37 Å². The molecular formula is C18H18FN5O4S. The third-order valence-corrected chi connectivity index (χ3v) is 5.96. The number of hydrogen-bond acceptors (Lipinski definition) is 8. The summed E-state index contributed by atoms with van der Waals surface area (Å²) in [7, 11) is 1.48. The molecule has 1 aromatic carbocycles. The van der Waals surface area contributed by atoms with Gasteiger partial charge in [-0.05, 0) is 40.0 Å². The van der Waals surface area contributed by atoms with E-state index in [0.29, 0.717) is 18.1 Å². The van der Waals surface area contributed by atoms with Gasteiger partial charge in [-0.15, -0.1) is 0 Å². The second kappa shape index (κ2) is 8.29. The Kier molecular flexibility index (Phi) is 5.58. The zero-order valence-electron chi connectivity index (χ0n) is 15.5. The van der Waals surface area contributed by atoms with Crippen LogP contribution in [0.4, 0.5) is 4.39 Å². The first-order valence-corrected chi connectivity index (χ1v) is 9.78. The van der Waals surface area contributed by atoms with Gasteiger partial charge in [0.2, 0.25) is 11.7 Å². The minimum absolute atomic E-state index is 0.0368. The summed E-state index contributed by atoms with van der Waals surface area (Å²) >= 11 is 1.37. The maximum absolute atomic E-state index is 13.4. The van der Waals surface area contributed by atoms with Crippen LogP contribution in [0.3, 0.4) is 0 Å². The average Bonchev–Trinajstić information content (AvgIpc) is 3.11. The predicted molar refractivity (Wildman–Crippen MR) is 102 cm³/mol. The minimum atomic E-state index is -0.296. The molecule has 1 unspecified atom stereocenters. The third kappa shape index (κ3) is 4.01. The van der Waals surface area contributed by atoms with Gasteiger partial charge in [0.1, 0.15) is 12.4 Å². The molecule has 2 aromatic rings. The lowest BCUT2D eigenvalue weighted by Gasteiger charge is -2.38. The molecule has 0 radical (unpaired) electrons. The van der Waals surface area contributed by atoms with Crippen LogP contribution in [0.2, 0.25) is 0 Å². The number of benzene rings is 1. The van der Waals surface area contributed by atoms with Crippen LogP contribution in [0.1, 0.15) is 22.7 Å². The number of ether oxygens (including phenoxy) is 1. The number of rotatable bonds is 6. The zero-order chi connectivity index (χ0) is 20.4. The molecule has 1 aliphatic heterocycles. The van der Waals surface area contributed by atoms with Gasteiger partial charge in [-0.25, -0.2) is 14.0 Å². The Bertz CT molecular complexity index is 973. The number of oxime groups is 1. The van der Waals surface area contributed by atoms with Crippen molar-refractivity contribution >= 4 is 29.7 Å². The molecule has 0 bridgehead atoms. The van der Waals surface area contributed by atoms with E-state index in [1.54, 1.807) is 17.2 Å². The fourth-order valence-corrected chi connectivity index (χ4v) is 4.37. The largest absolute Gasteiger partial charge is 0.409 e.